The first-order valence-electron chi connectivity index (χ1n) is 6.16. The number of aromatic nitrogens is 3. The van der Waals surface area contributed by atoms with Crippen molar-refractivity contribution in [2.45, 2.75) is 40.2 Å². The van der Waals surface area contributed by atoms with Gasteiger partial charge in [-0.1, -0.05) is 13.8 Å². The Morgan fingerprint density at radius 3 is 2.67 bits per heavy atom. The molecule has 0 radical (unpaired) electrons. The highest BCUT2D eigenvalue weighted by Gasteiger charge is 2.17. The Hall–Kier alpha value is -1.62. The maximum absolute atomic E-state index is 9.05. The highest BCUT2D eigenvalue weighted by Crippen LogP contribution is 2.29. The molecule has 0 aromatic carbocycles. The topological polar surface area (TPSA) is 64.1 Å². The van der Waals surface area contributed by atoms with E-state index >= 15 is 0 Å². The van der Waals surface area contributed by atoms with Crippen molar-refractivity contribution in [3.8, 4) is 11.4 Å². The van der Waals surface area contributed by atoms with E-state index in [1.165, 1.54) is 0 Å². The molecule has 0 bridgehead atoms. The Labute approximate surface area is 106 Å². The van der Waals surface area contributed by atoms with Gasteiger partial charge in [-0.2, -0.15) is 5.10 Å². The van der Waals surface area contributed by atoms with Crippen LogP contribution >= 0.6 is 0 Å². The van der Waals surface area contributed by atoms with E-state index in [1.807, 2.05) is 19.9 Å². The predicted octanol–water partition coefficient (Wildman–Crippen LogP) is 2.27. The molecule has 0 aliphatic heterocycles. The standard InChI is InChI=1S/C13H19N3O2/c1-8(2)12-7-11(9(3)18-12)13-14-10(4)15-16(13)5-6-17/h7-8,17H,5-6H2,1-4H3. The Morgan fingerprint density at radius 1 is 1.39 bits per heavy atom. The van der Waals surface area contributed by atoms with E-state index in [4.69, 9.17) is 9.52 Å². The molecule has 0 spiro atoms. The number of aliphatic hydroxyl groups is 1. The summed E-state index contributed by atoms with van der Waals surface area (Å²) in [5.74, 6) is 3.58. The third-order valence-electron chi connectivity index (χ3n) is 2.84. The quantitative estimate of drug-likeness (QED) is 0.902. The summed E-state index contributed by atoms with van der Waals surface area (Å²) in [5, 5.41) is 13.3. The smallest absolute Gasteiger partial charge is 0.161 e. The minimum absolute atomic E-state index is 0.0454. The lowest BCUT2D eigenvalue weighted by Crippen LogP contribution is -2.06. The van der Waals surface area contributed by atoms with E-state index < -0.39 is 0 Å². The molecule has 0 saturated heterocycles. The van der Waals surface area contributed by atoms with Gasteiger partial charge in [0.1, 0.15) is 17.3 Å². The lowest BCUT2D eigenvalue weighted by Gasteiger charge is -2.01. The first kappa shape index (κ1) is 12.8. The van der Waals surface area contributed by atoms with Gasteiger partial charge >= 0.3 is 0 Å². The van der Waals surface area contributed by atoms with E-state index in [2.05, 4.69) is 23.9 Å². The monoisotopic (exact) mass is 249 g/mol. The largest absolute Gasteiger partial charge is 0.465 e. The number of aliphatic hydroxyl groups excluding tert-OH is 1. The number of nitrogens with zero attached hydrogens (tertiary/aromatic N) is 3. The van der Waals surface area contributed by atoms with Gasteiger partial charge in [-0.25, -0.2) is 9.67 Å². The summed E-state index contributed by atoms with van der Waals surface area (Å²) in [5.41, 5.74) is 0.952. The van der Waals surface area contributed by atoms with E-state index in [9.17, 15) is 0 Å². The van der Waals surface area contributed by atoms with E-state index in [0.29, 0.717) is 18.3 Å². The first-order valence-corrected chi connectivity index (χ1v) is 6.16. The van der Waals surface area contributed by atoms with Crippen molar-refractivity contribution >= 4 is 0 Å². The number of hydrogen-bond donors (Lipinski definition) is 1. The molecule has 0 saturated carbocycles. The summed E-state index contributed by atoms with van der Waals surface area (Å²) in [6, 6.07) is 2.01. The fraction of sp³-hybridized carbons (Fsp3) is 0.538. The van der Waals surface area contributed by atoms with Gasteiger partial charge in [0.2, 0.25) is 0 Å². The van der Waals surface area contributed by atoms with Crippen LogP contribution in [-0.4, -0.2) is 26.5 Å². The zero-order chi connectivity index (χ0) is 13.3. The fourth-order valence-electron chi connectivity index (χ4n) is 1.92. The predicted molar refractivity (Wildman–Crippen MR) is 68.4 cm³/mol. The molecule has 2 aromatic heterocycles. The summed E-state index contributed by atoms with van der Waals surface area (Å²) in [7, 11) is 0. The molecule has 0 unspecified atom stereocenters. The Balaban J connectivity index is 2.47. The maximum atomic E-state index is 9.05. The van der Waals surface area contributed by atoms with Gasteiger partial charge in [0.05, 0.1) is 18.7 Å². The van der Waals surface area contributed by atoms with Crippen LogP contribution in [0.1, 0.15) is 37.1 Å². The Morgan fingerprint density at radius 2 is 2.11 bits per heavy atom. The third-order valence-corrected chi connectivity index (χ3v) is 2.84. The van der Waals surface area contributed by atoms with Gasteiger partial charge in [-0.05, 0) is 19.9 Å². The summed E-state index contributed by atoms with van der Waals surface area (Å²) in [6.45, 7) is 8.43. The van der Waals surface area contributed by atoms with Crippen LogP contribution in [0.4, 0.5) is 0 Å². The summed E-state index contributed by atoms with van der Waals surface area (Å²) in [6.07, 6.45) is 0. The SMILES string of the molecule is Cc1nc(-c2cc(C(C)C)oc2C)n(CCO)n1. The summed E-state index contributed by atoms with van der Waals surface area (Å²) >= 11 is 0. The van der Waals surface area contributed by atoms with Crippen molar-refractivity contribution in [1.82, 2.24) is 14.8 Å². The number of hydrogen-bond acceptors (Lipinski definition) is 4. The van der Waals surface area contributed by atoms with E-state index in [0.717, 1.165) is 22.9 Å². The van der Waals surface area contributed by atoms with Crippen molar-refractivity contribution in [3.63, 3.8) is 0 Å². The molecule has 2 rings (SSSR count). The normalized spacial score (nSPS) is 11.4. The first-order chi connectivity index (χ1) is 8.52. The van der Waals surface area contributed by atoms with Crippen LogP contribution in [-0.2, 0) is 6.54 Å². The molecule has 18 heavy (non-hydrogen) atoms. The molecule has 0 amide bonds. The van der Waals surface area contributed by atoms with Crippen molar-refractivity contribution in [1.29, 1.82) is 0 Å². The zero-order valence-corrected chi connectivity index (χ0v) is 11.3. The number of aryl methyl sites for hydroxylation is 2. The van der Waals surface area contributed by atoms with Gasteiger partial charge in [0, 0.05) is 5.92 Å². The molecular formula is C13H19N3O2. The van der Waals surface area contributed by atoms with Gasteiger partial charge < -0.3 is 9.52 Å². The van der Waals surface area contributed by atoms with Crippen LogP contribution in [0, 0.1) is 13.8 Å². The van der Waals surface area contributed by atoms with Crippen LogP contribution < -0.4 is 0 Å². The third kappa shape index (κ3) is 2.31. The van der Waals surface area contributed by atoms with Crippen LogP contribution in [0.25, 0.3) is 11.4 Å². The van der Waals surface area contributed by atoms with Crippen molar-refractivity contribution in [2.75, 3.05) is 6.61 Å². The van der Waals surface area contributed by atoms with Gasteiger partial charge in [0.25, 0.3) is 0 Å². The van der Waals surface area contributed by atoms with Gasteiger partial charge in [0.15, 0.2) is 5.82 Å². The van der Waals surface area contributed by atoms with Gasteiger partial charge in [-0.3, -0.25) is 0 Å². The van der Waals surface area contributed by atoms with Crippen LogP contribution in [0.3, 0.4) is 0 Å². The molecule has 5 heteroatoms. The minimum Gasteiger partial charge on any atom is -0.465 e. The van der Waals surface area contributed by atoms with Crippen LogP contribution in [0.2, 0.25) is 0 Å². The van der Waals surface area contributed by atoms with Crippen molar-refractivity contribution in [2.24, 2.45) is 0 Å². The van der Waals surface area contributed by atoms with Crippen LogP contribution in [0.5, 0.6) is 0 Å². The Kier molecular flexibility index (Phi) is 3.52. The Bertz CT molecular complexity index is 540. The second kappa shape index (κ2) is 4.94. The summed E-state index contributed by atoms with van der Waals surface area (Å²) < 4.78 is 7.45. The molecule has 0 atom stereocenters. The second-order valence-corrected chi connectivity index (χ2v) is 4.70. The highest BCUT2D eigenvalue weighted by atomic mass is 16.3. The minimum atomic E-state index is 0.0454. The zero-order valence-electron chi connectivity index (χ0n) is 11.3. The van der Waals surface area contributed by atoms with E-state index in [-0.39, 0.29) is 6.61 Å². The molecular weight excluding hydrogens is 230 g/mol. The second-order valence-electron chi connectivity index (χ2n) is 4.70. The molecule has 2 aromatic rings. The number of rotatable bonds is 4. The van der Waals surface area contributed by atoms with Crippen LogP contribution in [0.15, 0.2) is 10.5 Å². The summed E-state index contributed by atoms with van der Waals surface area (Å²) in [4.78, 5) is 4.41. The van der Waals surface area contributed by atoms with Crippen molar-refractivity contribution in [3.05, 3.63) is 23.4 Å². The molecule has 2 heterocycles. The lowest BCUT2D eigenvalue weighted by molar-refractivity contribution is 0.270. The average Bonchev–Trinajstić information content (AvgIpc) is 2.83. The van der Waals surface area contributed by atoms with Crippen molar-refractivity contribution < 1.29 is 9.52 Å². The molecule has 98 valence electrons. The molecule has 0 aliphatic rings. The number of furan rings is 1. The molecule has 1 N–H and O–H groups in total. The molecule has 0 aliphatic carbocycles. The fourth-order valence-corrected chi connectivity index (χ4v) is 1.92. The molecule has 5 nitrogen and oxygen atoms in total. The van der Waals surface area contributed by atoms with E-state index in [1.54, 1.807) is 4.68 Å². The van der Waals surface area contributed by atoms with Gasteiger partial charge in [-0.15, -0.1) is 0 Å². The average molecular weight is 249 g/mol. The molecule has 0 fully saturated rings. The highest BCUT2D eigenvalue weighted by molar-refractivity contribution is 5.58. The lowest BCUT2D eigenvalue weighted by atomic mass is 10.1. The maximum Gasteiger partial charge on any atom is 0.161 e.